The molecule has 2 rings (SSSR count). The lowest BCUT2D eigenvalue weighted by atomic mass is 10.1. The van der Waals surface area contributed by atoms with Crippen LogP contribution in [0, 0.1) is 5.92 Å². The number of hydrogen-bond donors (Lipinski definition) is 1. The molecular weight excluding hydrogens is 312 g/mol. The van der Waals surface area contributed by atoms with Crippen molar-refractivity contribution in [1.29, 1.82) is 0 Å². The molecule has 7 heteroatoms. The SMILES string of the molecule is CCNC(=O)[C@@H](C)OC(=O)[C@H]1CC(=O)N(c2ccccc2OC)C1. The highest BCUT2D eigenvalue weighted by molar-refractivity contribution is 6.00. The minimum atomic E-state index is -0.882. The average Bonchev–Trinajstić information content (AvgIpc) is 2.96. The molecule has 1 aromatic carbocycles. The van der Waals surface area contributed by atoms with Crippen molar-refractivity contribution in [2.24, 2.45) is 5.92 Å². The summed E-state index contributed by atoms with van der Waals surface area (Å²) in [5.41, 5.74) is 0.622. The van der Waals surface area contributed by atoms with Crippen LogP contribution < -0.4 is 15.0 Å². The molecule has 1 aliphatic rings. The Morgan fingerprint density at radius 3 is 2.75 bits per heavy atom. The van der Waals surface area contributed by atoms with Gasteiger partial charge >= 0.3 is 5.97 Å². The maximum Gasteiger partial charge on any atom is 0.312 e. The summed E-state index contributed by atoms with van der Waals surface area (Å²) in [5, 5.41) is 2.59. The number of para-hydroxylation sites is 2. The van der Waals surface area contributed by atoms with Crippen LogP contribution >= 0.6 is 0 Å². The zero-order chi connectivity index (χ0) is 17.7. The Balaban J connectivity index is 2.04. The molecule has 130 valence electrons. The van der Waals surface area contributed by atoms with Crippen molar-refractivity contribution in [3.05, 3.63) is 24.3 Å². The van der Waals surface area contributed by atoms with Crippen LogP contribution in [0.4, 0.5) is 5.69 Å². The van der Waals surface area contributed by atoms with E-state index in [4.69, 9.17) is 9.47 Å². The van der Waals surface area contributed by atoms with Crippen molar-refractivity contribution in [3.63, 3.8) is 0 Å². The highest BCUT2D eigenvalue weighted by atomic mass is 16.5. The quantitative estimate of drug-likeness (QED) is 0.788. The Kier molecular flexibility index (Phi) is 5.78. The molecule has 1 fully saturated rings. The van der Waals surface area contributed by atoms with Crippen LogP contribution in [0.25, 0.3) is 0 Å². The van der Waals surface area contributed by atoms with Gasteiger partial charge in [0.25, 0.3) is 5.91 Å². The number of amides is 2. The second kappa shape index (κ2) is 7.81. The van der Waals surface area contributed by atoms with E-state index in [0.717, 1.165) is 0 Å². The summed E-state index contributed by atoms with van der Waals surface area (Å²) in [6.45, 7) is 3.97. The summed E-state index contributed by atoms with van der Waals surface area (Å²) < 4.78 is 10.4. The van der Waals surface area contributed by atoms with Gasteiger partial charge in [-0.2, -0.15) is 0 Å². The summed E-state index contributed by atoms with van der Waals surface area (Å²) in [6.07, 6.45) is -0.827. The topological polar surface area (TPSA) is 84.9 Å². The van der Waals surface area contributed by atoms with E-state index >= 15 is 0 Å². The predicted molar refractivity (Wildman–Crippen MR) is 87.7 cm³/mol. The maximum atomic E-state index is 12.3. The van der Waals surface area contributed by atoms with Gasteiger partial charge in [0.05, 0.1) is 18.7 Å². The van der Waals surface area contributed by atoms with Crippen molar-refractivity contribution >= 4 is 23.5 Å². The van der Waals surface area contributed by atoms with Crippen molar-refractivity contribution in [2.75, 3.05) is 25.1 Å². The predicted octanol–water partition coefficient (Wildman–Crippen LogP) is 1.12. The van der Waals surface area contributed by atoms with Gasteiger partial charge in [-0.15, -0.1) is 0 Å². The van der Waals surface area contributed by atoms with E-state index in [9.17, 15) is 14.4 Å². The number of hydrogen-bond acceptors (Lipinski definition) is 5. The molecule has 1 heterocycles. The monoisotopic (exact) mass is 334 g/mol. The number of likely N-dealkylation sites (N-methyl/N-ethyl adjacent to an activating group) is 1. The smallest absolute Gasteiger partial charge is 0.312 e. The van der Waals surface area contributed by atoms with E-state index < -0.39 is 18.0 Å². The van der Waals surface area contributed by atoms with Crippen molar-refractivity contribution < 1.29 is 23.9 Å². The van der Waals surface area contributed by atoms with Gasteiger partial charge in [-0.3, -0.25) is 14.4 Å². The minimum absolute atomic E-state index is 0.0546. The third-order valence-corrected chi connectivity index (χ3v) is 3.85. The Morgan fingerprint density at radius 2 is 2.08 bits per heavy atom. The minimum Gasteiger partial charge on any atom is -0.495 e. The zero-order valence-corrected chi connectivity index (χ0v) is 14.1. The second-order valence-electron chi connectivity index (χ2n) is 5.55. The number of methoxy groups -OCH3 is 1. The number of rotatable bonds is 6. The molecule has 0 aliphatic carbocycles. The van der Waals surface area contributed by atoms with Crippen LogP contribution in [0.3, 0.4) is 0 Å². The van der Waals surface area contributed by atoms with Crippen LogP contribution in [-0.4, -0.2) is 44.1 Å². The largest absolute Gasteiger partial charge is 0.495 e. The molecule has 0 spiro atoms. The first-order valence-corrected chi connectivity index (χ1v) is 7.89. The number of nitrogens with one attached hydrogen (secondary N) is 1. The summed E-state index contributed by atoms with van der Waals surface area (Å²) in [4.78, 5) is 37.7. The summed E-state index contributed by atoms with van der Waals surface area (Å²) in [7, 11) is 1.53. The normalized spacial score (nSPS) is 18.2. The van der Waals surface area contributed by atoms with E-state index in [1.54, 1.807) is 25.1 Å². The summed E-state index contributed by atoms with van der Waals surface area (Å²) in [6, 6.07) is 7.13. The lowest BCUT2D eigenvalue weighted by Gasteiger charge is -2.19. The van der Waals surface area contributed by atoms with Crippen LogP contribution in [0.15, 0.2) is 24.3 Å². The maximum absolute atomic E-state index is 12.3. The van der Waals surface area contributed by atoms with Crippen LogP contribution in [0.1, 0.15) is 20.3 Å². The molecule has 0 unspecified atom stereocenters. The molecule has 2 atom stereocenters. The van der Waals surface area contributed by atoms with Gasteiger partial charge in [0, 0.05) is 19.5 Å². The molecule has 1 saturated heterocycles. The van der Waals surface area contributed by atoms with Crippen LogP contribution in [-0.2, 0) is 19.1 Å². The Hall–Kier alpha value is -2.57. The second-order valence-corrected chi connectivity index (χ2v) is 5.55. The highest BCUT2D eigenvalue weighted by Gasteiger charge is 2.38. The van der Waals surface area contributed by atoms with Gasteiger partial charge in [-0.05, 0) is 26.0 Å². The highest BCUT2D eigenvalue weighted by Crippen LogP contribution is 2.33. The average molecular weight is 334 g/mol. The molecule has 1 aromatic rings. The van der Waals surface area contributed by atoms with E-state index in [-0.39, 0.29) is 24.8 Å². The molecule has 1 N–H and O–H groups in total. The zero-order valence-electron chi connectivity index (χ0n) is 14.1. The summed E-state index contributed by atoms with van der Waals surface area (Å²) in [5.74, 6) is -1.10. The van der Waals surface area contributed by atoms with Gasteiger partial charge in [-0.25, -0.2) is 0 Å². The number of ether oxygens (including phenoxy) is 2. The first-order valence-electron chi connectivity index (χ1n) is 7.89. The number of esters is 1. The molecule has 0 radical (unpaired) electrons. The van der Waals surface area contributed by atoms with E-state index in [0.29, 0.717) is 18.0 Å². The van der Waals surface area contributed by atoms with Gasteiger partial charge in [-0.1, -0.05) is 12.1 Å². The summed E-state index contributed by atoms with van der Waals surface area (Å²) >= 11 is 0. The number of carbonyl (C=O) groups excluding carboxylic acids is 3. The molecule has 7 nitrogen and oxygen atoms in total. The van der Waals surface area contributed by atoms with Crippen LogP contribution in [0.5, 0.6) is 5.75 Å². The van der Waals surface area contributed by atoms with E-state index in [1.807, 2.05) is 6.07 Å². The molecule has 0 bridgehead atoms. The first kappa shape index (κ1) is 17.8. The van der Waals surface area contributed by atoms with Crippen molar-refractivity contribution in [1.82, 2.24) is 5.32 Å². The fraction of sp³-hybridized carbons (Fsp3) is 0.471. The van der Waals surface area contributed by atoms with E-state index in [1.165, 1.54) is 18.9 Å². The third-order valence-electron chi connectivity index (χ3n) is 3.85. The van der Waals surface area contributed by atoms with Crippen molar-refractivity contribution in [2.45, 2.75) is 26.4 Å². The molecule has 1 aliphatic heterocycles. The van der Waals surface area contributed by atoms with Gasteiger partial charge in [0.2, 0.25) is 5.91 Å². The first-order chi connectivity index (χ1) is 11.5. The number of carbonyl (C=O) groups is 3. The lowest BCUT2D eigenvalue weighted by Crippen LogP contribution is -2.37. The fourth-order valence-electron chi connectivity index (χ4n) is 2.59. The van der Waals surface area contributed by atoms with Gasteiger partial charge < -0.3 is 19.7 Å². The Labute approximate surface area is 140 Å². The number of benzene rings is 1. The number of nitrogens with zero attached hydrogens (tertiary/aromatic N) is 1. The van der Waals surface area contributed by atoms with Gasteiger partial charge in [0.1, 0.15) is 5.75 Å². The van der Waals surface area contributed by atoms with Crippen molar-refractivity contribution in [3.8, 4) is 5.75 Å². The standard InChI is InChI=1S/C17H22N2O5/c1-4-18-16(21)11(2)24-17(22)12-9-15(20)19(10-12)13-7-5-6-8-14(13)23-3/h5-8,11-12H,4,9-10H2,1-3H3,(H,18,21)/t11-,12+/m1/s1. The van der Waals surface area contributed by atoms with Gasteiger partial charge in [0.15, 0.2) is 6.10 Å². The Morgan fingerprint density at radius 1 is 1.38 bits per heavy atom. The molecule has 24 heavy (non-hydrogen) atoms. The third kappa shape index (κ3) is 3.84. The molecule has 2 amide bonds. The Bertz CT molecular complexity index is 631. The molecule has 0 saturated carbocycles. The van der Waals surface area contributed by atoms with Crippen LogP contribution in [0.2, 0.25) is 0 Å². The lowest BCUT2D eigenvalue weighted by molar-refractivity contribution is -0.158. The number of anilines is 1. The molecule has 0 aromatic heterocycles. The fourth-order valence-corrected chi connectivity index (χ4v) is 2.59. The van der Waals surface area contributed by atoms with E-state index in [2.05, 4.69) is 5.32 Å². The molecular formula is C17H22N2O5.